The molecule has 2 aromatic rings. The maximum atomic E-state index is 12.6. The molecule has 0 heterocycles. The minimum Gasteiger partial charge on any atom is -0.496 e. The molecule has 2 aromatic carbocycles. The van der Waals surface area contributed by atoms with Crippen LogP contribution in [-0.4, -0.2) is 7.11 Å². The van der Waals surface area contributed by atoms with E-state index < -0.39 is 11.7 Å². The van der Waals surface area contributed by atoms with E-state index in [-0.39, 0.29) is 0 Å². The van der Waals surface area contributed by atoms with Crippen LogP contribution in [0.1, 0.15) is 47.9 Å². The van der Waals surface area contributed by atoms with Gasteiger partial charge >= 0.3 is 6.18 Å². The van der Waals surface area contributed by atoms with Gasteiger partial charge in [-0.15, -0.1) is 0 Å². The molecule has 1 aliphatic carbocycles. The van der Waals surface area contributed by atoms with Crippen molar-refractivity contribution in [2.75, 3.05) is 7.11 Å². The molecule has 0 bridgehead atoms. The Morgan fingerprint density at radius 3 is 2.31 bits per heavy atom. The summed E-state index contributed by atoms with van der Waals surface area (Å²) >= 11 is 0. The van der Waals surface area contributed by atoms with E-state index >= 15 is 0 Å². The average Bonchev–Trinajstić information content (AvgIpc) is 2.58. The Balaban J connectivity index is 1.62. The van der Waals surface area contributed by atoms with Crippen molar-refractivity contribution in [3.8, 4) is 5.75 Å². The molecule has 1 fully saturated rings. The second-order valence-corrected chi connectivity index (χ2v) is 6.78. The number of benzene rings is 2. The first-order chi connectivity index (χ1) is 12.5. The molecule has 0 N–H and O–H groups in total. The van der Waals surface area contributed by atoms with Crippen LogP contribution in [0.25, 0.3) is 6.08 Å². The molecule has 0 amide bonds. The molecule has 0 spiro atoms. The molecule has 0 saturated heterocycles. The molecule has 4 heteroatoms. The molecule has 0 radical (unpaired) electrons. The molecule has 1 saturated carbocycles. The molecule has 3 rings (SSSR count). The van der Waals surface area contributed by atoms with Crippen LogP contribution in [0.5, 0.6) is 5.75 Å². The summed E-state index contributed by atoms with van der Waals surface area (Å²) in [5, 5.41) is 0. The van der Waals surface area contributed by atoms with Gasteiger partial charge in [-0.1, -0.05) is 29.8 Å². The van der Waals surface area contributed by atoms with Gasteiger partial charge in [0, 0.05) is 0 Å². The summed E-state index contributed by atoms with van der Waals surface area (Å²) in [6.45, 7) is 0. The van der Waals surface area contributed by atoms with Gasteiger partial charge in [0.15, 0.2) is 0 Å². The van der Waals surface area contributed by atoms with Crippen LogP contribution in [0.2, 0.25) is 0 Å². The highest BCUT2D eigenvalue weighted by molar-refractivity contribution is 5.57. The van der Waals surface area contributed by atoms with Crippen molar-refractivity contribution in [1.82, 2.24) is 0 Å². The van der Waals surface area contributed by atoms with Crippen molar-refractivity contribution in [1.29, 1.82) is 0 Å². The first-order valence-corrected chi connectivity index (χ1v) is 8.98. The number of allylic oxidation sites excluding steroid dienone is 1. The van der Waals surface area contributed by atoms with Crippen molar-refractivity contribution < 1.29 is 17.9 Å². The van der Waals surface area contributed by atoms with Crippen molar-refractivity contribution in [2.45, 2.75) is 44.7 Å². The van der Waals surface area contributed by atoms with Crippen LogP contribution in [0.3, 0.4) is 0 Å². The highest BCUT2D eigenvalue weighted by Crippen LogP contribution is 2.30. The van der Waals surface area contributed by atoms with Gasteiger partial charge in [-0.2, -0.15) is 13.2 Å². The fourth-order valence-electron chi connectivity index (χ4n) is 3.19. The van der Waals surface area contributed by atoms with Crippen molar-refractivity contribution in [3.05, 3.63) is 70.3 Å². The maximum absolute atomic E-state index is 12.6. The third-order valence-electron chi connectivity index (χ3n) is 4.86. The molecule has 138 valence electrons. The van der Waals surface area contributed by atoms with Crippen LogP contribution in [0.4, 0.5) is 13.2 Å². The van der Waals surface area contributed by atoms with E-state index in [0.717, 1.165) is 48.3 Å². The number of ether oxygens (including phenoxy) is 1. The third-order valence-corrected chi connectivity index (χ3v) is 4.86. The first kappa shape index (κ1) is 18.6. The fourth-order valence-corrected chi connectivity index (χ4v) is 3.19. The van der Waals surface area contributed by atoms with Gasteiger partial charge in [-0.05, 0) is 79.5 Å². The summed E-state index contributed by atoms with van der Waals surface area (Å²) in [5.41, 5.74) is 4.16. The second-order valence-electron chi connectivity index (χ2n) is 6.78. The Morgan fingerprint density at radius 1 is 1.00 bits per heavy atom. The van der Waals surface area contributed by atoms with Gasteiger partial charge in [0.2, 0.25) is 0 Å². The molecule has 0 aliphatic heterocycles. The Bertz CT molecular complexity index is 767. The van der Waals surface area contributed by atoms with Crippen LogP contribution in [-0.2, 0) is 19.0 Å². The molecule has 0 atom stereocenters. The molecule has 0 aromatic heterocycles. The van der Waals surface area contributed by atoms with Gasteiger partial charge in [-0.3, -0.25) is 0 Å². The minimum atomic E-state index is -4.28. The van der Waals surface area contributed by atoms with E-state index in [0.29, 0.717) is 0 Å². The molecule has 26 heavy (non-hydrogen) atoms. The molecular weight excluding hydrogens is 337 g/mol. The summed E-state index contributed by atoms with van der Waals surface area (Å²) in [5.74, 6) is 0.869. The fraction of sp³-hybridized carbons (Fsp3) is 0.364. The Hall–Kier alpha value is -2.23. The number of rotatable bonds is 6. The van der Waals surface area contributed by atoms with Crippen molar-refractivity contribution in [3.63, 3.8) is 0 Å². The first-order valence-electron chi connectivity index (χ1n) is 8.98. The normalized spacial score (nSPS) is 14.1. The number of halogens is 3. The van der Waals surface area contributed by atoms with Crippen LogP contribution in [0, 0.1) is 0 Å². The topological polar surface area (TPSA) is 9.23 Å². The summed E-state index contributed by atoms with van der Waals surface area (Å²) in [7, 11) is 1.67. The number of hydrogen-bond donors (Lipinski definition) is 0. The number of hydrogen-bond acceptors (Lipinski definition) is 1. The van der Waals surface area contributed by atoms with Gasteiger partial charge in [0.25, 0.3) is 0 Å². The van der Waals surface area contributed by atoms with Gasteiger partial charge in [-0.25, -0.2) is 0 Å². The lowest BCUT2D eigenvalue weighted by Gasteiger charge is -2.16. The average molecular weight is 360 g/mol. The summed E-state index contributed by atoms with van der Waals surface area (Å²) in [4.78, 5) is 0. The van der Waals surface area contributed by atoms with E-state index in [1.54, 1.807) is 19.2 Å². The quantitative estimate of drug-likeness (QED) is 0.575. The zero-order chi connectivity index (χ0) is 18.6. The van der Waals surface area contributed by atoms with Crippen LogP contribution in [0.15, 0.2) is 48.0 Å². The van der Waals surface area contributed by atoms with E-state index in [9.17, 15) is 13.2 Å². The van der Waals surface area contributed by atoms with E-state index in [1.807, 2.05) is 6.07 Å². The smallest absolute Gasteiger partial charge is 0.416 e. The lowest BCUT2D eigenvalue weighted by Crippen LogP contribution is -2.04. The van der Waals surface area contributed by atoms with Crippen molar-refractivity contribution in [2.24, 2.45) is 0 Å². The third kappa shape index (κ3) is 4.69. The SMILES string of the molecule is COc1ccc(C=C2CCC2)cc1CCCc1ccc(C(F)(F)F)cc1. The Labute approximate surface area is 152 Å². The molecule has 0 unspecified atom stereocenters. The number of aryl methyl sites for hydroxylation is 2. The second kappa shape index (κ2) is 7.98. The summed E-state index contributed by atoms with van der Waals surface area (Å²) < 4.78 is 43.3. The predicted octanol–water partition coefficient (Wildman–Crippen LogP) is 6.46. The summed E-state index contributed by atoms with van der Waals surface area (Å²) in [6.07, 6.45) is 4.08. The van der Waals surface area contributed by atoms with Gasteiger partial charge in [0.05, 0.1) is 12.7 Å². The molecule has 1 aliphatic rings. The Kier molecular flexibility index (Phi) is 5.70. The number of methoxy groups -OCH3 is 1. The summed E-state index contributed by atoms with van der Waals surface area (Å²) in [6, 6.07) is 11.7. The maximum Gasteiger partial charge on any atom is 0.416 e. The Morgan fingerprint density at radius 2 is 1.73 bits per heavy atom. The van der Waals surface area contributed by atoms with Crippen LogP contribution >= 0.6 is 0 Å². The molecular formula is C22H23F3O. The lowest BCUT2D eigenvalue weighted by molar-refractivity contribution is -0.137. The predicted molar refractivity (Wildman–Crippen MR) is 98.3 cm³/mol. The van der Waals surface area contributed by atoms with Crippen molar-refractivity contribution >= 4 is 6.08 Å². The lowest BCUT2D eigenvalue weighted by atomic mass is 9.90. The number of alkyl halides is 3. The van der Waals surface area contributed by atoms with Crippen LogP contribution < -0.4 is 4.74 Å². The zero-order valence-corrected chi connectivity index (χ0v) is 14.9. The highest BCUT2D eigenvalue weighted by Gasteiger charge is 2.29. The largest absolute Gasteiger partial charge is 0.496 e. The van der Waals surface area contributed by atoms with E-state index in [1.165, 1.54) is 30.4 Å². The molecule has 1 nitrogen and oxygen atoms in total. The zero-order valence-electron chi connectivity index (χ0n) is 14.9. The van der Waals surface area contributed by atoms with E-state index in [2.05, 4.69) is 18.2 Å². The van der Waals surface area contributed by atoms with Gasteiger partial charge < -0.3 is 4.74 Å². The monoisotopic (exact) mass is 360 g/mol. The highest BCUT2D eigenvalue weighted by atomic mass is 19.4. The van der Waals surface area contributed by atoms with Gasteiger partial charge in [0.1, 0.15) is 5.75 Å². The minimum absolute atomic E-state index is 0.598. The van der Waals surface area contributed by atoms with E-state index in [4.69, 9.17) is 4.74 Å². The standard InChI is InChI=1S/C22H23F3O/c1-26-21-13-10-18(14-17-5-2-6-17)15-19(21)7-3-4-16-8-11-20(12-9-16)22(23,24)25/h8-15H,2-7H2,1H3.